The average Bonchev–Trinajstić information content (AvgIpc) is 2.70. The van der Waals surface area contributed by atoms with Gasteiger partial charge >= 0.3 is 12.0 Å². The molecule has 7 heteroatoms. The molecule has 110 valence electrons. The van der Waals surface area contributed by atoms with Gasteiger partial charge in [-0.2, -0.15) is 0 Å². The lowest BCUT2D eigenvalue weighted by Crippen LogP contribution is -2.46. The summed E-state index contributed by atoms with van der Waals surface area (Å²) in [5.74, 6) is -0.663. The first kappa shape index (κ1) is 15.7. The fraction of sp³-hybridized carbons (Fsp3) is 0.833. The molecule has 0 saturated carbocycles. The van der Waals surface area contributed by atoms with E-state index in [4.69, 9.17) is 9.84 Å². The molecular formula is C12H22N2O5. The van der Waals surface area contributed by atoms with Crippen molar-refractivity contribution in [1.82, 2.24) is 10.2 Å². The SMILES string of the molecule is CC(C)COCCNC(=O)N1CC(O)CC1C(=O)O. The van der Waals surface area contributed by atoms with Crippen molar-refractivity contribution in [2.75, 3.05) is 26.3 Å². The third kappa shape index (κ3) is 5.04. The number of amides is 2. The lowest BCUT2D eigenvalue weighted by atomic mass is 10.2. The molecule has 0 bridgehead atoms. The topological polar surface area (TPSA) is 99.1 Å². The molecule has 0 aromatic carbocycles. The summed E-state index contributed by atoms with van der Waals surface area (Å²) in [5.41, 5.74) is 0. The van der Waals surface area contributed by atoms with E-state index < -0.39 is 24.1 Å². The van der Waals surface area contributed by atoms with Crippen LogP contribution in [0.25, 0.3) is 0 Å². The Balaban J connectivity index is 2.30. The van der Waals surface area contributed by atoms with E-state index in [-0.39, 0.29) is 13.0 Å². The Kier molecular flexibility index (Phi) is 6.04. The van der Waals surface area contributed by atoms with E-state index in [0.29, 0.717) is 25.7 Å². The maximum atomic E-state index is 11.8. The predicted molar refractivity (Wildman–Crippen MR) is 67.8 cm³/mol. The molecule has 1 fully saturated rings. The van der Waals surface area contributed by atoms with Gasteiger partial charge in [-0.1, -0.05) is 13.8 Å². The minimum Gasteiger partial charge on any atom is -0.480 e. The number of nitrogens with one attached hydrogen (secondary N) is 1. The molecular weight excluding hydrogens is 252 g/mol. The van der Waals surface area contributed by atoms with Gasteiger partial charge in [-0.3, -0.25) is 0 Å². The third-order valence-corrected chi connectivity index (χ3v) is 2.80. The highest BCUT2D eigenvalue weighted by molar-refractivity contribution is 5.83. The number of carboxylic acids is 1. The van der Waals surface area contributed by atoms with Gasteiger partial charge in [0.15, 0.2) is 0 Å². The number of carbonyl (C=O) groups is 2. The molecule has 3 N–H and O–H groups in total. The Morgan fingerprint density at radius 2 is 2.16 bits per heavy atom. The van der Waals surface area contributed by atoms with Gasteiger partial charge in [-0.05, 0) is 5.92 Å². The fourth-order valence-electron chi connectivity index (χ4n) is 1.92. The van der Waals surface area contributed by atoms with Crippen LogP contribution in [0.5, 0.6) is 0 Å². The number of β-amino-alcohol motifs (C(OH)–C–C–N with tert-alkyl or cyclic N) is 1. The zero-order valence-electron chi connectivity index (χ0n) is 11.3. The monoisotopic (exact) mass is 274 g/mol. The van der Waals surface area contributed by atoms with Crippen LogP contribution in [-0.4, -0.2) is 65.6 Å². The van der Waals surface area contributed by atoms with Crippen molar-refractivity contribution in [3.8, 4) is 0 Å². The van der Waals surface area contributed by atoms with Crippen molar-refractivity contribution in [3.63, 3.8) is 0 Å². The number of carboxylic acid groups (broad SMARTS) is 1. The number of rotatable bonds is 6. The molecule has 1 aliphatic rings. The molecule has 2 amide bonds. The number of urea groups is 1. The van der Waals surface area contributed by atoms with E-state index in [9.17, 15) is 14.7 Å². The Morgan fingerprint density at radius 1 is 1.47 bits per heavy atom. The minimum atomic E-state index is -1.09. The van der Waals surface area contributed by atoms with Gasteiger partial charge in [-0.15, -0.1) is 0 Å². The van der Waals surface area contributed by atoms with Crippen LogP contribution in [0.1, 0.15) is 20.3 Å². The van der Waals surface area contributed by atoms with Crippen molar-refractivity contribution >= 4 is 12.0 Å². The molecule has 1 heterocycles. The first-order valence-electron chi connectivity index (χ1n) is 6.45. The largest absolute Gasteiger partial charge is 0.480 e. The second-order valence-electron chi connectivity index (χ2n) is 5.10. The maximum absolute atomic E-state index is 11.8. The molecule has 1 saturated heterocycles. The van der Waals surface area contributed by atoms with Crippen LogP contribution in [0.3, 0.4) is 0 Å². The van der Waals surface area contributed by atoms with Crippen LogP contribution in [0.15, 0.2) is 0 Å². The van der Waals surface area contributed by atoms with Crippen molar-refractivity contribution in [1.29, 1.82) is 0 Å². The first-order chi connectivity index (χ1) is 8.91. The molecule has 0 spiro atoms. The van der Waals surface area contributed by atoms with Gasteiger partial charge in [0.2, 0.25) is 0 Å². The average molecular weight is 274 g/mol. The number of likely N-dealkylation sites (tertiary alicyclic amines) is 1. The number of nitrogens with zero attached hydrogens (tertiary/aromatic N) is 1. The zero-order chi connectivity index (χ0) is 14.4. The highest BCUT2D eigenvalue weighted by atomic mass is 16.5. The van der Waals surface area contributed by atoms with E-state index in [2.05, 4.69) is 5.32 Å². The van der Waals surface area contributed by atoms with Crippen LogP contribution < -0.4 is 5.32 Å². The Morgan fingerprint density at radius 3 is 2.74 bits per heavy atom. The van der Waals surface area contributed by atoms with Crippen LogP contribution in [0.4, 0.5) is 4.79 Å². The highest BCUT2D eigenvalue weighted by Gasteiger charge is 2.38. The summed E-state index contributed by atoms with van der Waals surface area (Å²) in [6, 6.07) is -1.43. The number of aliphatic hydroxyl groups is 1. The summed E-state index contributed by atoms with van der Waals surface area (Å²) < 4.78 is 5.30. The summed E-state index contributed by atoms with van der Waals surface area (Å²) >= 11 is 0. The molecule has 2 atom stereocenters. The first-order valence-corrected chi connectivity index (χ1v) is 6.45. The fourth-order valence-corrected chi connectivity index (χ4v) is 1.92. The molecule has 1 aliphatic heterocycles. The van der Waals surface area contributed by atoms with Gasteiger partial charge in [0.25, 0.3) is 0 Å². The van der Waals surface area contributed by atoms with Crippen molar-refractivity contribution in [2.24, 2.45) is 5.92 Å². The van der Waals surface area contributed by atoms with E-state index in [1.807, 2.05) is 13.8 Å². The van der Waals surface area contributed by atoms with Crippen molar-refractivity contribution in [2.45, 2.75) is 32.4 Å². The predicted octanol–water partition coefficient (Wildman–Crippen LogP) is -0.112. The van der Waals surface area contributed by atoms with Gasteiger partial charge in [0.1, 0.15) is 6.04 Å². The number of hydrogen-bond acceptors (Lipinski definition) is 4. The van der Waals surface area contributed by atoms with E-state index >= 15 is 0 Å². The Labute approximate surface area is 112 Å². The van der Waals surface area contributed by atoms with Crippen LogP contribution in [0.2, 0.25) is 0 Å². The van der Waals surface area contributed by atoms with Gasteiger partial charge in [0.05, 0.1) is 12.7 Å². The quantitative estimate of drug-likeness (QED) is 0.587. The second-order valence-corrected chi connectivity index (χ2v) is 5.10. The van der Waals surface area contributed by atoms with Crippen LogP contribution >= 0.6 is 0 Å². The summed E-state index contributed by atoms with van der Waals surface area (Å²) in [6.07, 6.45) is -0.698. The summed E-state index contributed by atoms with van der Waals surface area (Å²) in [6.45, 7) is 5.44. The maximum Gasteiger partial charge on any atom is 0.326 e. The van der Waals surface area contributed by atoms with Gasteiger partial charge < -0.3 is 25.2 Å². The van der Waals surface area contributed by atoms with Crippen molar-refractivity contribution in [3.05, 3.63) is 0 Å². The van der Waals surface area contributed by atoms with Gasteiger partial charge in [0, 0.05) is 26.1 Å². The molecule has 0 aromatic heterocycles. The Bertz CT molecular complexity index is 321. The van der Waals surface area contributed by atoms with Crippen LogP contribution in [0, 0.1) is 5.92 Å². The summed E-state index contributed by atoms with van der Waals surface area (Å²) in [4.78, 5) is 23.9. The molecule has 19 heavy (non-hydrogen) atoms. The van der Waals surface area contributed by atoms with E-state index in [1.54, 1.807) is 0 Å². The number of aliphatic hydroxyl groups excluding tert-OH is 1. The molecule has 0 aromatic rings. The van der Waals surface area contributed by atoms with Crippen LogP contribution in [-0.2, 0) is 9.53 Å². The lowest BCUT2D eigenvalue weighted by Gasteiger charge is -2.21. The Hall–Kier alpha value is -1.34. The lowest BCUT2D eigenvalue weighted by molar-refractivity contribution is -0.141. The number of aliphatic carboxylic acids is 1. The van der Waals surface area contributed by atoms with E-state index in [0.717, 1.165) is 4.90 Å². The van der Waals surface area contributed by atoms with E-state index in [1.165, 1.54) is 0 Å². The normalized spacial score (nSPS) is 22.8. The van der Waals surface area contributed by atoms with Gasteiger partial charge in [-0.25, -0.2) is 9.59 Å². The summed E-state index contributed by atoms with van der Waals surface area (Å²) in [5, 5.41) is 21.0. The van der Waals surface area contributed by atoms with Crippen molar-refractivity contribution < 1.29 is 24.5 Å². The molecule has 2 unspecified atom stereocenters. The zero-order valence-corrected chi connectivity index (χ0v) is 11.3. The third-order valence-electron chi connectivity index (χ3n) is 2.80. The summed E-state index contributed by atoms with van der Waals surface area (Å²) in [7, 11) is 0. The highest BCUT2D eigenvalue weighted by Crippen LogP contribution is 2.17. The minimum absolute atomic E-state index is 0.0512. The molecule has 0 aliphatic carbocycles. The smallest absolute Gasteiger partial charge is 0.326 e. The number of hydrogen-bond donors (Lipinski definition) is 3. The standard InChI is InChI=1S/C12H22N2O5/c1-8(2)7-19-4-3-13-12(18)14-6-9(15)5-10(14)11(16)17/h8-10,15H,3-7H2,1-2H3,(H,13,18)(H,16,17). The molecule has 0 radical (unpaired) electrons. The molecule has 1 rings (SSSR count). The number of ether oxygens (including phenoxy) is 1. The molecule has 7 nitrogen and oxygen atoms in total. The number of carbonyl (C=O) groups excluding carboxylic acids is 1. The second kappa shape index (κ2) is 7.30.